The minimum atomic E-state index is 0.482. The molecule has 0 aromatic carbocycles. The number of nitrogens with zero attached hydrogens (tertiary/aromatic N) is 3. The van der Waals surface area contributed by atoms with Crippen LogP contribution in [0.1, 0.15) is 37.2 Å². The summed E-state index contributed by atoms with van der Waals surface area (Å²) >= 11 is 0. The second kappa shape index (κ2) is 7.93. The molecule has 0 aliphatic carbocycles. The van der Waals surface area contributed by atoms with Crippen LogP contribution in [0.2, 0.25) is 0 Å². The van der Waals surface area contributed by atoms with Gasteiger partial charge in [0.2, 0.25) is 0 Å². The summed E-state index contributed by atoms with van der Waals surface area (Å²) < 4.78 is 2.02. The maximum absolute atomic E-state index is 4.54. The van der Waals surface area contributed by atoms with E-state index in [1.54, 1.807) is 0 Å². The molecule has 0 aliphatic heterocycles. The van der Waals surface area contributed by atoms with E-state index in [0.29, 0.717) is 6.04 Å². The fourth-order valence-corrected chi connectivity index (χ4v) is 2.64. The first-order chi connectivity index (χ1) is 10.2. The monoisotopic (exact) mass is 286 g/mol. The van der Waals surface area contributed by atoms with Crippen molar-refractivity contribution >= 4 is 0 Å². The quantitative estimate of drug-likeness (QED) is 0.811. The van der Waals surface area contributed by atoms with Crippen molar-refractivity contribution in [3.8, 4) is 0 Å². The van der Waals surface area contributed by atoms with Crippen molar-refractivity contribution < 1.29 is 0 Å². The van der Waals surface area contributed by atoms with Crippen LogP contribution in [0.15, 0.2) is 30.6 Å². The van der Waals surface area contributed by atoms with E-state index in [1.165, 1.54) is 17.0 Å². The number of hydrogen-bond acceptors (Lipinski definition) is 3. The number of hydrogen-bond donors (Lipinski definition) is 1. The predicted molar refractivity (Wildman–Crippen MR) is 86.3 cm³/mol. The lowest BCUT2D eigenvalue weighted by Crippen LogP contribution is -2.32. The molecule has 0 radical (unpaired) electrons. The molecule has 0 amide bonds. The first-order valence-corrected chi connectivity index (χ1v) is 7.87. The molecule has 0 fully saturated rings. The van der Waals surface area contributed by atoms with Gasteiger partial charge in [0.05, 0.1) is 5.69 Å². The third-order valence-electron chi connectivity index (χ3n) is 3.84. The lowest BCUT2D eigenvalue weighted by Gasteiger charge is -2.17. The molecule has 4 heteroatoms. The molecule has 2 aromatic heterocycles. The van der Waals surface area contributed by atoms with Crippen LogP contribution >= 0.6 is 0 Å². The van der Waals surface area contributed by atoms with E-state index < -0.39 is 0 Å². The molecule has 2 aromatic rings. The van der Waals surface area contributed by atoms with Crippen LogP contribution in [0.5, 0.6) is 0 Å². The average Bonchev–Trinajstić information content (AvgIpc) is 2.86. The number of aromatic nitrogens is 3. The summed E-state index contributed by atoms with van der Waals surface area (Å²) in [4.78, 5) is 4.19. The van der Waals surface area contributed by atoms with E-state index >= 15 is 0 Å². The van der Waals surface area contributed by atoms with Crippen molar-refractivity contribution in [2.45, 2.75) is 45.6 Å². The lowest BCUT2D eigenvalue weighted by atomic mass is 10.0. The third-order valence-corrected chi connectivity index (χ3v) is 3.84. The van der Waals surface area contributed by atoms with E-state index in [-0.39, 0.29) is 0 Å². The van der Waals surface area contributed by atoms with Gasteiger partial charge in [-0.05, 0) is 43.5 Å². The Morgan fingerprint density at radius 1 is 1.33 bits per heavy atom. The molecule has 2 rings (SSSR count). The molecule has 0 saturated carbocycles. The summed E-state index contributed by atoms with van der Waals surface area (Å²) in [6.07, 6.45) is 7.98. The molecular formula is C17H26N4. The third kappa shape index (κ3) is 4.67. The summed E-state index contributed by atoms with van der Waals surface area (Å²) in [6, 6.07) is 6.87. The standard InChI is InChI=1S/C17H26N4/c1-4-15-11-17(21(3)20-15)12-16(19-5-2)9-8-14-7-6-10-18-13-14/h6-7,10-11,13,16,19H,4-5,8-9,12H2,1-3H3. The van der Waals surface area contributed by atoms with Crippen LogP contribution < -0.4 is 5.32 Å². The summed E-state index contributed by atoms with van der Waals surface area (Å²) in [5, 5.41) is 8.13. The van der Waals surface area contributed by atoms with Gasteiger partial charge in [-0.3, -0.25) is 9.67 Å². The van der Waals surface area contributed by atoms with Crippen LogP contribution in [0, 0.1) is 0 Å². The van der Waals surface area contributed by atoms with Crippen LogP contribution in [-0.4, -0.2) is 27.4 Å². The molecule has 0 spiro atoms. The largest absolute Gasteiger partial charge is 0.314 e. The maximum atomic E-state index is 4.54. The SMILES string of the molecule is CCNC(CCc1cccnc1)Cc1cc(CC)nn1C. The Morgan fingerprint density at radius 3 is 2.81 bits per heavy atom. The first kappa shape index (κ1) is 15.7. The summed E-state index contributed by atoms with van der Waals surface area (Å²) in [5.74, 6) is 0. The number of rotatable bonds is 8. The maximum Gasteiger partial charge on any atom is 0.0624 e. The minimum Gasteiger partial charge on any atom is -0.314 e. The Balaban J connectivity index is 1.96. The van der Waals surface area contributed by atoms with Gasteiger partial charge >= 0.3 is 0 Å². The van der Waals surface area contributed by atoms with E-state index in [4.69, 9.17) is 0 Å². The zero-order valence-electron chi connectivity index (χ0n) is 13.3. The topological polar surface area (TPSA) is 42.7 Å². The fourth-order valence-electron chi connectivity index (χ4n) is 2.64. The Hall–Kier alpha value is -1.68. The van der Waals surface area contributed by atoms with E-state index in [1.807, 2.05) is 30.2 Å². The van der Waals surface area contributed by atoms with Gasteiger partial charge in [-0.25, -0.2) is 0 Å². The van der Waals surface area contributed by atoms with Crippen molar-refractivity contribution in [3.63, 3.8) is 0 Å². The van der Waals surface area contributed by atoms with Gasteiger partial charge in [0.1, 0.15) is 0 Å². The number of pyridine rings is 1. The second-order valence-electron chi connectivity index (χ2n) is 5.46. The molecule has 1 unspecified atom stereocenters. The normalized spacial score (nSPS) is 12.5. The van der Waals surface area contributed by atoms with Crippen molar-refractivity contribution in [1.82, 2.24) is 20.1 Å². The minimum absolute atomic E-state index is 0.482. The Labute approximate surface area is 127 Å². The molecular weight excluding hydrogens is 260 g/mol. The zero-order valence-corrected chi connectivity index (χ0v) is 13.3. The Kier molecular flexibility index (Phi) is 5.93. The lowest BCUT2D eigenvalue weighted by molar-refractivity contribution is 0.477. The Bertz CT molecular complexity index is 533. The molecule has 114 valence electrons. The van der Waals surface area contributed by atoms with Gasteiger partial charge in [-0.2, -0.15) is 5.10 Å². The van der Waals surface area contributed by atoms with Crippen molar-refractivity contribution in [2.24, 2.45) is 7.05 Å². The molecule has 0 bridgehead atoms. The average molecular weight is 286 g/mol. The van der Waals surface area contributed by atoms with Crippen molar-refractivity contribution in [1.29, 1.82) is 0 Å². The highest BCUT2D eigenvalue weighted by Crippen LogP contribution is 2.11. The molecule has 4 nitrogen and oxygen atoms in total. The molecule has 1 N–H and O–H groups in total. The zero-order chi connectivity index (χ0) is 15.1. The molecule has 0 saturated heterocycles. The van der Waals surface area contributed by atoms with Gasteiger partial charge in [-0.1, -0.05) is 19.9 Å². The highest BCUT2D eigenvalue weighted by molar-refractivity contribution is 5.13. The molecule has 1 atom stereocenters. The van der Waals surface area contributed by atoms with Gasteiger partial charge < -0.3 is 5.32 Å². The molecule has 2 heterocycles. The van der Waals surface area contributed by atoms with Crippen molar-refractivity contribution in [3.05, 3.63) is 47.5 Å². The smallest absolute Gasteiger partial charge is 0.0624 e. The first-order valence-electron chi connectivity index (χ1n) is 7.87. The Morgan fingerprint density at radius 2 is 2.19 bits per heavy atom. The highest BCUT2D eigenvalue weighted by atomic mass is 15.3. The highest BCUT2D eigenvalue weighted by Gasteiger charge is 2.12. The van der Waals surface area contributed by atoms with Crippen LogP contribution in [0.3, 0.4) is 0 Å². The van der Waals surface area contributed by atoms with Crippen LogP contribution in [0.25, 0.3) is 0 Å². The van der Waals surface area contributed by atoms with Crippen molar-refractivity contribution in [2.75, 3.05) is 6.54 Å². The van der Waals surface area contributed by atoms with Gasteiger partial charge in [0.25, 0.3) is 0 Å². The van der Waals surface area contributed by atoms with Crippen LogP contribution in [-0.2, 0) is 26.3 Å². The molecule has 0 aliphatic rings. The molecule has 21 heavy (non-hydrogen) atoms. The summed E-state index contributed by atoms with van der Waals surface area (Å²) in [5.41, 5.74) is 3.79. The summed E-state index contributed by atoms with van der Waals surface area (Å²) in [7, 11) is 2.04. The van der Waals surface area contributed by atoms with E-state index in [0.717, 1.165) is 32.2 Å². The van der Waals surface area contributed by atoms with Gasteiger partial charge in [-0.15, -0.1) is 0 Å². The second-order valence-corrected chi connectivity index (χ2v) is 5.46. The number of likely N-dealkylation sites (N-methyl/N-ethyl adjacent to an activating group) is 1. The van der Waals surface area contributed by atoms with E-state index in [9.17, 15) is 0 Å². The van der Waals surface area contributed by atoms with Gasteiger partial charge in [0.15, 0.2) is 0 Å². The summed E-state index contributed by atoms with van der Waals surface area (Å²) in [6.45, 7) is 5.31. The number of nitrogens with one attached hydrogen (secondary N) is 1. The predicted octanol–water partition coefficient (Wildman–Crippen LogP) is 2.53. The van der Waals surface area contributed by atoms with E-state index in [2.05, 4.69) is 41.4 Å². The van der Waals surface area contributed by atoms with Gasteiger partial charge in [0, 0.05) is 37.6 Å². The van der Waals surface area contributed by atoms with Crippen LogP contribution in [0.4, 0.5) is 0 Å². The number of aryl methyl sites for hydroxylation is 3. The fraction of sp³-hybridized carbons (Fsp3) is 0.529.